The van der Waals surface area contributed by atoms with Crippen molar-refractivity contribution in [2.24, 2.45) is 0 Å². The summed E-state index contributed by atoms with van der Waals surface area (Å²) >= 11 is 0. The van der Waals surface area contributed by atoms with Crippen LogP contribution < -0.4 is 14.8 Å². The van der Waals surface area contributed by atoms with Gasteiger partial charge in [-0.1, -0.05) is 0 Å². The van der Waals surface area contributed by atoms with Crippen molar-refractivity contribution in [1.29, 1.82) is 0 Å². The second kappa shape index (κ2) is 5.13. The van der Waals surface area contributed by atoms with Crippen LogP contribution in [-0.2, 0) is 0 Å². The summed E-state index contributed by atoms with van der Waals surface area (Å²) in [6, 6.07) is 1.51. The van der Waals surface area contributed by atoms with E-state index in [4.69, 9.17) is 9.47 Å². The first-order chi connectivity index (χ1) is 8.72. The lowest BCUT2D eigenvalue weighted by Gasteiger charge is -2.06. The number of ether oxygens (including phenoxy) is 2. The van der Waals surface area contributed by atoms with E-state index in [2.05, 4.69) is 25.5 Å². The van der Waals surface area contributed by atoms with Crippen LogP contribution in [0.2, 0.25) is 0 Å². The number of carbonyl (C=O) groups is 1. The van der Waals surface area contributed by atoms with Crippen molar-refractivity contribution in [2.45, 2.75) is 0 Å². The molecule has 1 amide bonds. The first-order valence-corrected chi connectivity index (χ1v) is 5.00. The molecule has 18 heavy (non-hydrogen) atoms. The predicted octanol–water partition coefficient (Wildman–Crippen LogP) is 0.469. The summed E-state index contributed by atoms with van der Waals surface area (Å²) in [6.07, 6.45) is 2.86. The molecule has 0 saturated heterocycles. The van der Waals surface area contributed by atoms with E-state index in [1.54, 1.807) is 0 Å². The van der Waals surface area contributed by atoms with E-state index in [0.29, 0.717) is 17.3 Å². The van der Waals surface area contributed by atoms with Gasteiger partial charge in [-0.2, -0.15) is 15.1 Å². The molecule has 0 aliphatic carbocycles. The molecule has 94 valence electrons. The zero-order valence-electron chi connectivity index (χ0n) is 9.80. The SMILES string of the molecule is COc1cc(OC)nc(NC(=O)c2cn[nH]c2)n1. The molecule has 2 heterocycles. The van der Waals surface area contributed by atoms with Gasteiger partial charge in [-0.25, -0.2) is 0 Å². The zero-order valence-corrected chi connectivity index (χ0v) is 9.80. The smallest absolute Gasteiger partial charge is 0.261 e. The molecule has 0 radical (unpaired) electrons. The number of rotatable bonds is 4. The molecule has 0 unspecified atom stereocenters. The Labute approximate surface area is 102 Å². The molecule has 0 bridgehead atoms. The molecule has 0 saturated carbocycles. The molecule has 2 aromatic rings. The van der Waals surface area contributed by atoms with Crippen LogP contribution in [0.1, 0.15) is 10.4 Å². The Bertz CT molecular complexity index is 518. The summed E-state index contributed by atoms with van der Waals surface area (Å²) in [7, 11) is 2.92. The number of H-pyrrole nitrogens is 1. The number of nitrogens with one attached hydrogen (secondary N) is 2. The molecular weight excluding hydrogens is 238 g/mol. The summed E-state index contributed by atoms with van der Waals surface area (Å²) in [5.41, 5.74) is 0.375. The van der Waals surface area contributed by atoms with E-state index >= 15 is 0 Å². The summed E-state index contributed by atoms with van der Waals surface area (Å²) in [6.45, 7) is 0. The fourth-order valence-corrected chi connectivity index (χ4v) is 1.22. The van der Waals surface area contributed by atoms with Gasteiger partial charge >= 0.3 is 0 Å². The van der Waals surface area contributed by atoms with E-state index in [9.17, 15) is 4.79 Å². The monoisotopic (exact) mass is 249 g/mol. The molecule has 0 aliphatic heterocycles. The summed E-state index contributed by atoms with van der Waals surface area (Å²) in [5, 5.41) is 8.73. The fraction of sp³-hybridized carbons (Fsp3) is 0.200. The topological polar surface area (TPSA) is 102 Å². The van der Waals surface area contributed by atoms with Crippen molar-refractivity contribution in [2.75, 3.05) is 19.5 Å². The highest BCUT2D eigenvalue weighted by molar-refractivity contribution is 6.02. The van der Waals surface area contributed by atoms with Gasteiger partial charge in [0.2, 0.25) is 17.7 Å². The van der Waals surface area contributed by atoms with Crippen molar-refractivity contribution in [3.05, 3.63) is 24.0 Å². The summed E-state index contributed by atoms with van der Waals surface area (Å²) in [5.74, 6) is 0.310. The Hall–Kier alpha value is -2.64. The van der Waals surface area contributed by atoms with Gasteiger partial charge in [-0.3, -0.25) is 15.2 Å². The number of anilines is 1. The Morgan fingerprint density at radius 3 is 2.44 bits per heavy atom. The van der Waals surface area contributed by atoms with Crippen LogP contribution in [0, 0.1) is 0 Å². The number of aromatic nitrogens is 4. The summed E-state index contributed by atoms with van der Waals surface area (Å²) < 4.78 is 9.94. The molecule has 0 atom stereocenters. The van der Waals surface area contributed by atoms with Crippen LogP contribution >= 0.6 is 0 Å². The predicted molar refractivity (Wildman–Crippen MR) is 61.7 cm³/mol. The molecule has 2 N–H and O–H groups in total. The van der Waals surface area contributed by atoms with Crippen LogP contribution in [-0.4, -0.2) is 40.3 Å². The van der Waals surface area contributed by atoms with Crippen LogP contribution in [0.5, 0.6) is 11.8 Å². The second-order valence-corrected chi connectivity index (χ2v) is 3.22. The minimum absolute atomic E-state index is 0.0948. The Morgan fingerprint density at radius 1 is 1.28 bits per heavy atom. The maximum Gasteiger partial charge on any atom is 0.261 e. The third-order valence-electron chi connectivity index (χ3n) is 2.08. The highest BCUT2D eigenvalue weighted by atomic mass is 16.5. The fourth-order valence-electron chi connectivity index (χ4n) is 1.22. The van der Waals surface area contributed by atoms with E-state index in [-0.39, 0.29) is 11.9 Å². The molecule has 2 rings (SSSR count). The Morgan fingerprint density at radius 2 is 1.94 bits per heavy atom. The van der Waals surface area contributed by atoms with Gasteiger partial charge in [0.05, 0.1) is 32.0 Å². The van der Waals surface area contributed by atoms with Gasteiger partial charge in [0, 0.05) is 6.20 Å². The molecule has 0 fully saturated rings. The van der Waals surface area contributed by atoms with Crippen molar-refractivity contribution >= 4 is 11.9 Å². The Balaban J connectivity index is 2.20. The van der Waals surface area contributed by atoms with E-state index < -0.39 is 0 Å². The maximum absolute atomic E-state index is 11.7. The number of hydrogen-bond acceptors (Lipinski definition) is 6. The van der Waals surface area contributed by atoms with Crippen molar-refractivity contribution in [1.82, 2.24) is 20.2 Å². The van der Waals surface area contributed by atoms with Crippen LogP contribution in [0.3, 0.4) is 0 Å². The third kappa shape index (κ3) is 2.54. The minimum atomic E-state index is -0.376. The lowest BCUT2D eigenvalue weighted by molar-refractivity contribution is 0.102. The lowest BCUT2D eigenvalue weighted by Crippen LogP contribution is -2.14. The third-order valence-corrected chi connectivity index (χ3v) is 2.08. The number of carbonyl (C=O) groups excluding carboxylic acids is 1. The minimum Gasteiger partial charge on any atom is -0.481 e. The molecule has 0 aromatic carbocycles. The van der Waals surface area contributed by atoms with Crippen molar-refractivity contribution in [3.63, 3.8) is 0 Å². The molecule has 8 heteroatoms. The van der Waals surface area contributed by atoms with E-state index in [0.717, 1.165) is 0 Å². The average Bonchev–Trinajstić information content (AvgIpc) is 2.92. The number of amides is 1. The lowest BCUT2D eigenvalue weighted by atomic mass is 10.3. The number of aromatic amines is 1. The Kier molecular flexibility index (Phi) is 3.37. The van der Waals surface area contributed by atoms with Crippen molar-refractivity contribution in [3.8, 4) is 11.8 Å². The largest absolute Gasteiger partial charge is 0.481 e. The van der Waals surface area contributed by atoms with E-state index in [1.165, 1.54) is 32.7 Å². The number of nitrogens with zero attached hydrogens (tertiary/aromatic N) is 3. The normalized spacial score (nSPS) is 9.89. The standard InChI is InChI=1S/C10H11N5O3/c1-17-7-3-8(18-2)14-10(13-7)15-9(16)6-4-11-12-5-6/h3-5H,1-2H3,(H,11,12)(H,13,14,15,16). The van der Waals surface area contributed by atoms with Gasteiger partial charge in [0.25, 0.3) is 5.91 Å². The number of hydrogen-bond donors (Lipinski definition) is 2. The number of methoxy groups -OCH3 is 2. The molecule has 2 aromatic heterocycles. The quantitative estimate of drug-likeness (QED) is 0.816. The van der Waals surface area contributed by atoms with Crippen LogP contribution in [0.4, 0.5) is 5.95 Å². The first kappa shape index (κ1) is 11.8. The molecular formula is C10H11N5O3. The van der Waals surface area contributed by atoms with Gasteiger partial charge in [-0.05, 0) is 0 Å². The molecule has 8 nitrogen and oxygen atoms in total. The average molecular weight is 249 g/mol. The molecule has 0 aliphatic rings. The highest BCUT2D eigenvalue weighted by Crippen LogP contribution is 2.17. The molecule has 0 spiro atoms. The van der Waals surface area contributed by atoms with Gasteiger partial charge in [0.15, 0.2) is 0 Å². The van der Waals surface area contributed by atoms with Crippen molar-refractivity contribution < 1.29 is 14.3 Å². The summed E-state index contributed by atoms with van der Waals surface area (Å²) in [4.78, 5) is 19.7. The highest BCUT2D eigenvalue weighted by Gasteiger charge is 2.11. The zero-order chi connectivity index (χ0) is 13.0. The maximum atomic E-state index is 11.7. The van der Waals surface area contributed by atoms with Gasteiger partial charge in [0.1, 0.15) is 0 Å². The first-order valence-electron chi connectivity index (χ1n) is 5.00. The van der Waals surface area contributed by atoms with E-state index in [1.807, 2.05) is 0 Å². The van der Waals surface area contributed by atoms with Crippen LogP contribution in [0.25, 0.3) is 0 Å². The van der Waals surface area contributed by atoms with Crippen LogP contribution in [0.15, 0.2) is 18.5 Å². The van der Waals surface area contributed by atoms with Gasteiger partial charge < -0.3 is 9.47 Å². The second-order valence-electron chi connectivity index (χ2n) is 3.22. The van der Waals surface area contributed by atoms with Gasteiger partial charge in [-0.15, -0.1) is 0 Å².